The van der Waals surface area contributed by atoms with Crippen LogP contribution in [0.15, 0.2) is 42.7 Å². The molecule has 3 aromatic rings. The van der Waals surface area contributed by atoms with Gasteiger partial charge in [0.1, 0.15) is 5.69 Å². The average Bonchev–Trinajstić information content (AvgIpc) is 3.36. The molecular formula is C21H24N4O3. The Morgan fingerprint density at radius 2 is 2.00 bits per heavy atom. The van der Waals surface area contributed by atoms with Crippen LogP contribution in [0.2, 0.25) is 0 Å². The normalized spacial score (nSPS) is 10.7. The van der Waals surface area contributed by atoms with E-state index in [9.17, 15) is 9.59 Å². The molecule has 0 spiro atoms. The summed E-state index contributed by atoms with van der Waals surface area (Å²) in [7, 11) is 1.34. The number of carbonyl (C=O) groups is 2. The van der Waals surface area contributed by atoms with Crippen LogP contribution in [0.1, 0.15) is 44.6 Å². The summed E-state index contributed by atoms with van der Waals surface area (Å²) in [5.74, 6) is -0.655. The maximum atomic E-state index is 12.6. The minimum absolute atomic E-state index is 0.226. The minimum Gasteiger partial charge on any atom is -0.465 e. The van der Waals surface area contributed by atoms with Gasteiger partial charge >= 0.3 is 5.97 Å². The van der Waals surface area contributed by atoms with Crippen molar-refractivity contribution in [2.45, 2.75) is 26.7 Å². The molecular weight excluding hydrogens is 356 g/mol. The van der Waals surface area contributed by atoms with Crippen LogP contribution in [0.3, 0.4) is 0 Å². The fourth-order valence-electron chi connectivity index (χ4n) is 3.17. The molecule has 0 aliphatic rings. The van der Waals surface area contributed by atoms with E-state index in [2.05, 4.69) is 15.4 Å². The number of aromatic amines is 1. The van der Waals surface area contributed by atoms with Gasteiger partial charge in [-0.25, -0.2) is 9.48 Å². The molecule has 7 heteroatoms. The summed E-state index contributed by atoms with van der Waals surface area (Å²) in [4.78, 5) is 27.6. The molecule has 2 N–H and O–H groups in total. The molecule has 0 atom stereocenters. The SMILES string of the molecule is CCc1[nH]c(C(=O)NCCc2ccc(-n3cccn3)cc2)c(C)c1C(=O)OC. The highest BCUT2D eigenvalue weighted by molar-refractivity contribution is 6.00. The van der Waals surface area contributed by atoms with Crippen LogP contribution >= 0.6 is 0 Å². The highest BCUT2D eigenvalue weighted by Crippen LogP contribution is 2.20. The van der Waals surface area contributed by atoms with Crippen molar-refractivity contribution in [3.8, 4) is 5.69 Å². The van der Waals surface area contributed by atoms with Crippen molar-refractivity contribution < 1.29 is 14.3 Å². The molecule has 1 amide bonds. The fraction of sp³-hybridized carbons (Fsp3) is 0.286. The van der Waals surface area contributed by atoms with Gasteiger partial charge in [0.2, 0.25) is 0 Å². The maximum Gasteiger partial charge on any atom is 0.339 e. The summed E-state index contributed by atoms with van der Waals surface area (Å²) >= 11 is 0. The summed E-state index contributed by atoms with van der Waals surface area (Å²) in [5, 5.41) is 7.11. The van der Waals surface area contributed by atoms with Crippen LogP contribution in [-0.2, 0) is 17.6 Å². The number of hydrogen-bond donors (Lipinski definition) is 2. The number of H-pyrrole nitrogens is 1. The van der Waals surface area contributed by atoms with Crippen molar-refractivity contribution in [1.82, 2.24) is 20.1 Å². The number of hydrogen-bond acceptors (Lipinski definition) is 4. The zero-order valence-corrected chi connectivity index (χ0v) is 16.3. The monoisotopic (exact) mass is 380 g/mol. The zero-order chi connectivity index (χ0) is 20.1. The first kappa shape index (κ1) is 19.4. The number of rotatable bonds is 7. The highest BCUT2D eigenvalue weighted by Gasteiger charge is 2.23. The largest absolute Gasteiger partial charge is 0.465 e. The first-order chi connectivity index (χ1) is 13.5. The van der Waals surface area contributed by atoms with Gasteiger partial charge in [-0.1, -0.05) is 19.1 Å². The number of benzene rings is 1. The summed E-state index contributed by atoms with van der Waals surface area (Å²) in [6.45, 7) is 4.17. The van der Waals surface area contributed by atoms with E-state index in [4.69, 9.17) is 4.74 Å². The van der Waals surface area contributed by atoms with Crippen molar-refractivity contribution in [3.63, 3.8) is 0 Å². The molecule has 0 bridgehead atoms. The third kappa shape index (κ3) is 3.98. The Hall–Kier alpha value is -3.35. The lowest BCUT2D eigenvalue weighted by molar-refractivity contribution is 0.0599. The second kappa shape index (κ2) is 8.56. The number of methoxy groups -OCH3 is 1. The van der Waals surface area contributed by atoms with E-state index in [1.807, 2.05) is 43.5 Å². The molecule has 3 rings (SSSR count). The van der Waals surface area contributed by atoms with Crippen molar-refractivity contribution in [3.05, 3.63) is 70.8 Å². The Bertz CT molecular complexity index is 956. The molecule has 0 aliphatic carbocycles. The van der Waals surface area contributed by atoms with Crippen LogP contribution < -0.4 is 5.32 Å². The van der Waals surface area contributed by atoms with Crippen LogP contribution in [0.5, 0.6) is 0 Å². The number of carbonyl (C=O) groups excluding carboxylic acids is 2. The van der Waals surface area contributed by atoms with Crippen LogP contribution in [0, 0.1) is 6.92 Å². The maximum absolute atomic E-state index is 12.6. The second-order valence-corrected chi connectivity index (χ2v) is 6.45. The number of nitrogens with one attached hydrogen (secondary N) is 2. The van der Waals surface area contributed by atoms with Gasteiger partial charge in [0.25, 0.3) is 5.91 Å². The average molecular weight is 380 g/mol. The molecule has 1 aromatic carbocycles. The lowest BCUT2D eigenvalue weighted by atomic mass is 10.1. The lowest BCUT2D eigenvalue weighted by Crippen LogP contribution is -2.26. The first-order valence-electron chi connectivity index (χ1n) is 9.22. The lowest BCUT2D eigenvalue weighted by Gasteiger charge is -2.07. The molecule has 7 nitrogen and oxygen atoms in total. The van der Waals surface area contributed by atoms with Gasteiger partial charge in [-0.05, 0) is 49.1 Å². The number of aromatic nitrogens is 3. The van der Waals surface area contributed by atoms with Crippen molar-refractivity contribution in [1.29, 1.82) is 0 Å². The predicted octanol–water partition coefficient (Wildman–Crippen LogP) is 2.83. The minimum atomic E-state index is -0.429. The highest BCUT2D eigenvalue weighted by atomic mass is 16.5. The molecule has 0 radical (unpaired) electrons. The van der Waals surface area contributed by atoms with Crippen LogP contribution in [0.4, 0.5) is 0 Å². The van der Waals surface area contributed by atoms with Crippen LogP contribution in [0.25, 0.3) is 5.69 Å². The molecule has 146 valence electrons. The van der Waals surface area contributed by atoms with Gasteiger partial charge in [0.15, 0.2) is 0 Å². The van der Waals surface area contributed by atoms with E-state index in [0.29, 0.717) is 41.9 Å². The Balaban J connectivity index is 1.61. The van der Waals surface area contributed by atoms with E-state index in [-0.39, 0.29) is 5.91 Å². The Labute approximate surface area is 163 Å². The Morgan fingerprint density at radius 1 is 1.25 bits per heavy atom. The summed E-state index contributed by atoms with van der Waals surface area (Å²) in [6.07, 6.45) is 4.94. The fourth-order valence-corrected chi connectivity index (χ4v) is 3.17. The Morgan fingerprint density at radius 3 is 2.61 bits per heavy atom. The number of nitrogens with zero attached hydrogens (tertiary/aromatic N) is 2. The molecule has 2 heterocycles. The second-order valence-electron chi connectivity index (χ2n) is 6.45. The smallest absolute Gasteiger partial charge is 0.339 e. The number of esters is 1. The van der Waals surface area contributed by atoms with E-state index in [1.54, 1.807) is 17.8 Å². The van der Waals surface area contributed by atoms with Gasteiger partial charge < -0.3 is 15.0 Å². The quantitative estimate of drug-likeness (QED) is 0.617. The topological polar surface area (TPSA) is 89.0 Å². The zero-order valence-electron chi connectivity index (χ0n) is 16.3. The van der Waals surface area contributed by atoms with Gasteiger partial charge in [0, 0.05) is 24.6 Å². The van der Waals surface area contributed by atoms with E-state index in [0.717, 1.165) is 11.3 Å². The molecule has 0 saturated carbocycles. The molecule has 2 aromatic heterocycles. The van der Waals surface area contributed by atoms with Crippen LogP contribution in [-0.4, -0.2) is 40.3 Å². The summed E-state index contributed by atoms with van der Waals surface area (Å²) < 4.78 is 6.63. The van der Waals surface area contributed by atoms with Crippen molar-refractivity contribution in [2.75, 3.05) is 13.7 Å². The van der Waals surface area contributed by atoms with Crippen molar-refractivity contribution >= 4 is 11.9 Å². The van der Waals surface area contributed by atoms with E-state index in [1.165, 1.54) is 7.11 Å². The standard InChI is InChI=1S/C21H24N4O3/c1-4-17-18(21(27)28-3)14(2)19(24-17)20(26)22-12-10-15-6-8-16(9-7-15)25-13-5-11-23-25/h5-9,11,13,24H,4,10,12H2,1-3H3,(H,22,26). The molecule has 0 unspecified atom stereocenters. The predicted molar refractivity (Wildman–Crippen MR) is 106 cm³/mol. The Kier molecular flexibility index (Phi) is 5.93. The van der Waals surface area contributed by atoms with Gasteiger partial charge in [-0.15, -0.1) is 0 Å². The summed E-state index contributed by atoms with van der Waals surface area (Å²) in [6, 6.07) is 9.91. The molecule has 0 saturated heterocycles. The van der Waals surface area contributed by atoms with Crippen molar-refractivity contribution in [2.24, 2.45) is 0 Å². The third-order valence-electron chi connectivity index (χ3n) is 4.70. The number of ether oxygens (including phenoxy) is 1. The van der Waals surface area contributed by atoms with Gasteiger partial charge in [-0.3, -0.25) is 4.79 Å². The van der Waals surface area contributed by atoms with Gasteiger partial charge in [0.05, 0.1) is 18.4 Å². The number of aryl methyl sites for hydroxylation is 1. The van der Waals surface area contributed by atoms with Gasteiger partial charge in [-0.2, -0.15) is 5.10 Å². The first-order valence-corrected chi connectivity index (χ1v) is 9.22. The molecule has 0 aliphatic heterocycles. The van der Waals surface area contributed by atoms with E-state index >= 15 is 0 Å². The molecule has 28 heavy (non-hydrogen) atoms. The van der Waals surface area contributed by atoms with E-state index < -0.39 is 5.97 Å². The molecule has 0 fully saturated rings. The third-order valence-corrected chi connectivity index (χ3v) is 4.70. The summed E-state index contributed by atoms with van der Waals surface area (Å²) in [5.41, 5.74) is 4.29. The number of amides is 1.